The number of aliphatic carboxylic acids is 1. The molecule has 1 amide bonds. The first kappa shape index (κ1) is 14.8. The van der Waals surface area contributed by atoms with Gasteiger partial charge in [-0.15, -0.1) is 0 Å². The highest BCUT2D eigenvalue weighted by atomic mass is 16.4. The third-order valence-electron chi connectivity index (χ3n) is 5.86. The molecule has 3 N–H and O–H groups in total. The molecule has 3 rings (SSSR count). The summed E-state index contributed by atoms with van der Waals surface area (Å²) >= 11 is 0. The monoisotopic (exact) mass is 294 g/mol. The van der Waals surface area contributed by atoms with E-state index in [1.165, 1.54) is 0 Å². The number of carbonyl (C=O) groups is 2. The van der Waals surface area contributed by atoms with E-state index in [9.17, 15) is 14.7 Å². The lowest BCUT2D eigenvalue weighted by Crippen LogP contribution is -2.59. The molecule has 21 heavy (non-hydrogen) atoms. The highest BCUT2D eigenvalue weighted by molar-refractivity contribution is 5.91. The maximum atomic E-state index is 13.0. The number of hydrogen-bond donors (Lipinski definition) is 2. The molecule has 5 heteroatoms. The Kier molecular flexibility index (Phi) is 3.72. The number of carboxylic acid groups (broad SMARTS) is 1. The molecule has 0 aromatic carbocycles. The van der Waals surface area contributed by atoms with Gasteiger partial charge in [0, 0.05) is 6.54 Å². The standard InChI is InChI=1S/C16H26N2O3/c1-10-4-3-7-16(17,8-10)15(21)18-9-11-5-2-6-12(11)13(18)14(19)20/h10-13H,2-9,17H2,1H3,(H,19,20). The molecular weight excluding hydrogens is 268 g/mol. The second-order valence-corrected chi connectivity index (χ2v) is 7.45. The summed E-state index contributed by atoms with van der Waals surface area (Å²) < 4.78 is 0. The topological polar surface area (TPSA) is 83.6 Å². The van der Waals surface area contributed by atoms with E-state index in [1.807, 2.05) is 0 Å². The van der Waals surface area contributed by atoms with Crippen molar-refractivity contribution in [2.24, 2.45) is 23.5 Å². The molecule has 0 aromatic rings. The number of likely N-dealkylation sites (tertiary alicyclic amines) is 1. The third-order valence-corrected chi connectivity index (χ3v) is 5.86. The van der Waals surface area contributed by atoms with E-state index in [4.69, 9.17) is 5.73 Å². The highest BCUT2D eigenvalue weighted by Gasteiger charge is 2.53. The second kappa shape index (κ2) is 5.27. The summed E-state index contributed by atoms with van der Waals surface area (Å²) in [6.45, 7) is 2.72. The van der Waals surface area contributed by atoms with Gasteiger partial charge in [-0.1, -0.05) is 26.2 Å². The van der Waals surface area contributed by atoms with E-state index in [0.717, 1.165) is 32.1 Å². The van der Waals surface area contributed by atoms with Crippen molar-refractivity contribution >= 4 is 11.9 Å². The minimum absolute atomic E-state index is 0.115. The Labute approximate surface area is 125 Å². The number of carbonyl (C=O) groups excluding carboxylic acids is 1. The van der Waals surface area contributed by atoms with Crippen molar-refractivity contribution in [2.75, 3.05) is 6.54 Å². The Morgan fingerprint density at radius 2 is 2.00 bits per heavy atom. The number of nitrogens with zero attached hydrogens (tertiary/aromatic N) is 1. The lowest BCUT2D eigenvalue weighted by Gasteiger charge is -2.39. The van der Waals surface area contributed by atoms with Crippen LogP contribution in [-0.4, -0.2) is 40.0 Å². The van der Waals surface area contributed by atoms with E-state index < -0.39 is 17.6 Å². The molecule has 0 spiro atoms. The molecule has 0 radical (unpaired) electrons. The summed E-state index contributed by atoms with van der Waals surface area (Å²) in [7, 11) is 0. The van der Waals surface area contributed by atoms with E-state index in [0.29, 0.717) is 31.2 Å². The van der Waals surface area contributed by atoms with Gasteiger partial charge in [-0.3, -0.25) is 4.79 Å². The van der Waals surface area contributed by atoms with Crippen molar-refractivity contribution in [1.82, 2.24) is 4.90 Å². The Morgan fingerprint density at radius 3 is 2.67 bits per heavy atom. The molecule has 3 aliphatic rings. The number of hydrogen-bond acceptors (Lipinski definition) is 3. The number of rotatable bonds is 2. The van der Waals surface area contributed by atoms with Gasteiger partial charge in [0.1, 0.15) is 6.04 Å². The average Bonchev–Trinajstić information content (AvgIpc) is 2.96. The van der Waals surface area contributed by atoms with Crippen LogP contribution in [0.15, 0.2) is 0 Å². The summed E-state index contributed by atoms with van der Waals surface area (Å²) in [6, 6.07) is -0.650. The van der Waals surface area contributed by atoms with Gasteiger partial charge >= 0.3 is 5.97 Å². The fraction of sp³-hybridized carbons (Fsp3) is 0.875. The highest BCUT2D eigenvalue weighted by Crippen LogP contribution is 2.44. The molecule has 3 fully saturated rings. The van der Waals surface area contributed by atoms with Crippen LogP contribution < -0.4 is 5.73 Å². The molecule has 0 aromatic heterocycles. The fourth-order valence-electron chi connectivity index (χ4n) is 4.90. The molecule has 5 nitrogen and oxygen atoms in total. The SMILES string of the molecule is CC1CCCC(N)(C(=O)N2CC3CCCC3C2C(=O)O)C1. The van der Waals surface area contributed by atoms with Gasteiger partial charge < -0.3 is 15.7 Å². The lowest BCUT2D eigenvalue weighted by molar-refractivity contribution is -0.152. The Hall–Kier alpha value is -1.10. The summed E-state index contributed by atoms with van der Waals surface area (Å²) in [6.07, 6.45) is 6.51. The van der Waals surface area contributed by atoms with Gasteiger partial charge in [-0.05, 0) is 43.4 Å². The zero-order valence-electron chi connectivity index (χ0n) is 12.8. The number of carboxylic acids is 1. The molecule has 1 heterocycles. The quantitative estimate of drug-likeness (QED) is 0.810. The first-order valence-corrected chi connectivity index (χ1v) is 8.25. The fourth-order valence-corrected chi connectivity index (χ4v) is 4.90. The predicted octanol–water partition coefficient (Wildman–Crippen LogP) is 1.61. The van der Waals surface area contributed by atoms with Crippen molar-refractivity contribution in [1.29, 1.82) is 0 Å². The zero-order chi connectivity index (χ0) is 15.2. The van der Waals surface area contributed by atoms with Crippen molar-refractivity contribution in [2.45, 2.75) is 63.5 Å². The van der Waals surface area contributed by atoms with Crippen molar-refractivity contribution in [3.63, 3.8) is 0 Å². The summed E-state index contributed by atoms with van der Waals surface area (Å²) in [4.78, 5) is 26.2. The molecule has 118 valence electrons. The molecule has 1 saturated heterocycles. The number of nitrogens with two attached hydrogens (primary N) is 1. The molecular formula is C16H26N2O3. The first-order chi connectivity index (χ1) is 9.92. The van der Waals surface area contributed by atoms with Crippen LogP contribution in [0.25, 0.3) is 0 Å². The van der Waals surface area contributed by atoms with E-state index in [2.05, 4.69) is 6.92 Å². The van der Waals surface area contributed by atoms with Crippen LogP contribution in [0.3, 0.4) is 0 Å². The van der Waals surface area contributed by atoms with Gasteiger partial charge in [0.2, 0.25) is 5.91 Å². The average molecular weight is 294 g/mol. The summed E-state index contributed by atoms with van der Waals surface area (Å²) in [5.74, 6) is -0.0325. The van der Waals surface area contributed by atoms with Crippen LogP contribution in [0, 0.1) is 17.8 Å². The molecule has 5 unspecified atom stereocenters. The normalized spacial score (nSPS) is 42.9. The van der Waals surface area contributed by atoms with Crippen molar-refractivity contribution in [3.05, 3.63) is 0 Å². The molecule has 0 bridgehead atoms. The predicted molar refractivity (Wildman–Crippen MR) is 78.5 cm³/mol. The van der Waals surface area contributed by atoms with Crippen LogP contribution in [-0.2, 0) is 9.59 Å². The van der Waals surface area contributed by atoms with Gasteiger partial charge in [0.05, 0.1) is 5.54 Å². The van der Waals surface area contributed by atoms with Crippen molar-refractivity contribution < 1.29 is 14.7 Å². The van der Waals surface area contributed by atoms with Crippen LogP contribution in [0.2, 0.25) is 0 Å². The first-order valence-electron chi connectivity index (χ1n) is 8.25. The Balaban J connectivity index is 1.81. The van der Waals surface area contributed by atoms with Crippen LogP contribution in [0.1, 0.15) is 51.9 Å². The summed E-state index contributed by atoms with van der Waals surface area (Å²) in [5, 5.41) is 9.58. The lowest BCUT2D eigenvalue weighted by atomic mass is 9.76. The minimum atomic E-state index is -0.856. The largest absolute Gasteiger partial charge is 0.480 e. The van der Waals surface area contributed by atoms with Gasteiger partial charge in [-0.2, -0.15) is 0 Å². The Morgan fingerprint density at radius 1 is 1.24 bits per heavy atom. The number of amides is 1. The Bertz CT molecular complexity index is 453. The van der Waals surface area contributed by atoms with Gasteiger partial charge in [0.25, 0.3) is 0 Å². The second-order valence-electron chi connectivity index (χ2n) is 7.45. The molecule has 1 aliphatic heterocycles. The summed E-state index contributed by atoms with van der Waals surface area (Å²) in [5.41, 5.74) is 5.56. The van der Waals surface area contributed by atoms with Crippen molar-refractivity contribution in [3.8, 4) is 0 Å². The number of fused-ring (bicyclic) bond motifs is 1. The van der Waals surface area contributed by atoms with Crippen LogP contribution in [0.5, 0.6) is 0 Å². The van der Waals surface area contributed by atoms with Gasteiger partial charge in [-0.25, -0.2) is 4.79 Å². The van der Waals surface area contributed by atoms with E-state index >= 15 is 0 Å². The van der Waals surface area contributed by atoms with Crippen LogP contribution >= 0.6 is 0 Å². The maximum Gasteiger partial charge on any atom is 0.326 e. The van der Waals surface area contributed by atoms with E-state index in [-0.39, 0.29) is 11.8 Å². The minimum Gasteiger partial charge on any atom is -0.480 e. The third kappa shape index (κ3) is 2.45. The molecule has 5 atom stereocenters. The molecule has 2 saturated carbocycles. The van der Waals surface area contributed by atoms with E-state index in [1.54, 1.807) is 4.90 Å². The smallest absolute Gasteiger partial charge is 0.326 e. The van der Waals surface area contributed by atoms with Gasteiger partial charge in [0.15, 0.2) is 0 Å². The molecule has 2 aliphatic carbocycles. The maximum absolute atomic E-state index is 13.0. The zero-order valence-corrected chi connectivity index (χ0v) is 12.8. The van der Waals surface area contributed by atoms with Crippen LogP contribution in [0.4, 0.5) is 0 Å².